The molecule has 3 rings (SSSR count). The molecule has 0 bridgehead atoms. The summed E-state index contributed by atoms with van der Waals surface area (Å²) in [5.41, 5.74) is 8.35. The van der Waals surface area contributed by atoms with Crippen LogP contribution in [-0.4, -0.2) is 15.2 Å². The Hall–Kier alpha value is -2.14. The standard InChI is InChI=1S/C14H11BrN4/c15-11-6-4-9(5-7-11)13-17-14(19-18-13)10-2-1-3-12(16)8-10/h1-8H,16H2,(H,17,18,19). The van der Waals surface area contributed by atoms with E-state index in [1.807, 2.05) is 48.5 Å². The smallest absolute Gasteiger partial charge is 0.181 e. The van der Waals surface area contributed by atoms with Crippen LogP contribution in [0.1, 0.15) is 0 Å². The first-order chi connectivity index (χ1) is 9.22. The predicted molar refractivity (Wildman–Crippen MR) is 79.4 cm³/mol. The molecular weight excluding hydrogens is 304 g/mol. The van der Waals surface area contributed by atoms with Crippen molar-refractivity contribution in [1.29, 1.82) is 0 Å². The first kappa shape index (κ1) is 11.9. The lowest BCUT2D eigenvalue weighted by atomic mass is 10.2. The van der Waals surface area contributed by atoms with Gasteiger partial charge in [-0.1, -0.05) is 40.2 Å². The molecule has 0 radical (unpaired) electrons. The minimum Gasteiger partial charge on any atom is -0.399 e. The van der Waals surface area contributed by atoms with Gasteiger partial charge in [-0.15, -0.1) is 0 Å². The summed E-state index contributed by atoms with van der Waals surface area (Å²) in [6, 6.07) is 15.4. The zero-order valence-corrected chi connectivity index (χ0v) is 11.6. The van der Waals surface area contributed by atoms with E-state index >= 15 is 0 Å². The second-order valence-corrected chi connectivity index (χ2v) is 5.06. The molecule has 19 heavy (non-hydrogen) atoms. The zero-order valence-electron chi connectivity index (χ0n) is 9.97. The van der Waals surface area contributed by atoms with Crippen LogP contribution >= 0.6 is 15.9 Å². The maximum absolute atomic E-state index is 5.76. The van der Waals surface area contributed by atoms with Crippen molar-refractivity contribution in [1.82, 2.24) is 15.2 Å². The molecule has 94 valence electrons. The van der Waals surface area contributed by atoms with Crippen LogP contribution in [0.5, 0.6) is 0 Å². The molecular formula is C14H11BrN4. The second kappa shape index (κ2) is 4.85. The summed E-state index contributed by atoms with van der Waals surface area (Å²) >= 11 is 3.41. The van der Waals surface area contributed by atoms with Gasteiger partial charge in [0.25, 0.3) is 0 Å². The molecule has 0 saturated carbocycles. The number of nitrogens with zero attached hydrogens (tertiary/aromatic N) is 2. The minimum absolute atomic E-state index is 0.644. The molecule has 0 aliphatic carbocycles. The number of H-pyrrole nitrogens is 1. The molecule has 3 aromatic rings. The van der Waals surface area contributed by atoms with Crippen molar-refractivity contribution in [2.45, 2.75) is 0 Å². The van der Waals surface area contributed by atoms with Gasteiger partial charge in [0, 0.05) is 21.3 Å². The molecule has 0 fully saturated rings. The molecule has 3 N–H and O–H groups in total. The van der Waals surface area contributed by atoms with Crippen LogP contribution in [0.2, 0.25) is 0 Å². The number of nitrogen functional groups attached to an aromatic ring is 1. The number of hydrogen-bond donors (Lipinski definition) is 2. The van der Waals surface area contributed by atoms with Gasteiger partial charge in [0.05, 0.1) is 0 Å². The average Bonchev–Trinajstić information content (AvgIpc) is 2.89. The quantitative estimate of drug-likeness (QED) is 0.711. The molecule has 0 amide bonds. The maximum atomic E-state index is 5.76. The van der Waals surface area contributed by atoms with E-state index in [0.29, 0.717) is 11.5 Å². The Morgan fingerprint density at radius 1 is 1.00 bits per heavy atom. The van der Waals surface area contributed by atoms with Crippen LogP contribution in [0.4, 0.5) is 5.69 Å². The SMILES string of the molecule is Nc1cccc(-c2n[nH]c(-c3ccc(Br)cc3)n2)c1. The predicted octanol–water partition coefficient (Wildman–Crippen LogP) is 3.48. The maximum Gasteiger partial charge on any atom is 0.181 e. The fourth-order valence-corrected chi connectivity index (χ4v) is 2.07. The van der Waals surface area contributed by atoms with Crippen LogP contribution < -0.4 is 5.73 Å². The highest BCUT2D eigenvalue weighted by Crippen LogP contribution is 2.22. The summed E-state index contributed by atoms with van der Waals surface area (Å²) in [5, 5.41) is 7.17. The molecule has 1 heterocycles. The van der Waals surface area contributed by atoms with Gasteiger partial charge in [-0.05, 0) is 24.3 Å². The van der Waals surface area contributed by atoms with E-state index in [1.165, 1.54) is 0 Å². The number of halogens is 1. The van der Waals surface area contributed by atoms with Crippen molar-refractivity contribution in [3.63, 3.8) is 0 Å². The van der Waals surface area contributed by atoms with Gasteiger partial charge >= 0.3 is 0 Å². The summed E-state index contributed by atoms with van der Waals surface area (Å²) in [6.07, 6.45) is 0. The number of benzene rings is 2. The summed E-state index contributed by atoms with van der Waals surface area (Å²) < 4.78 is 1.03. The Balaban J connectivity index is 1.97. The third kappa shape index (κ3) is 2.51. The Bertz CT molecular complexity index is 703. The van der Waals surface area contributed by atoms with E-state index in [1.54, 1.807) is 0 Å². The number of anilines is 1. The highest BCUT2D eigenvalue weighted by molar-refractivity contribution is 9.10. The third-order valence-corrected chi connectivity index (χ3v) is 3.28. The fraction of sp³-hybridized carbons (Fsp3) is 0. The van der Waals surface area contributed by atoms with Crippen molar-refractivity contribution in [3.8, 4) is 22.8 Å². The average molecular weight is 315 g/mol. The van der Waals surface area contributed by atoms with Gasteiger partial charge in [-0.2, -0.15) is 5.10 Å². The highest BCUT2D eigenvalue weighted by atomic mass is 79.9. The Morgan fingerprint density at radius 2 is 1.79 bits per heavy atom. The zero-order chi connectivity index (χ0) is 13.2. The number of hydrogen-bond acceptors (Lipinski definition) is 3. The molecule has 0 saturated heterocycles. The summed E-state index contributed by atoms with van der Waals surface area (Å²) in [5.74, 6) is 1.38. The van der Waals surface area contributed by atoms with Gasteiger partial charge in [0.15, 0.2) is 11.6 Å². The molecule has 2 aromatic carbocycles. The van der Waals surface area contributed by atoms with Crippen LogP contribution in [0, 0.1) is 0 Å². The summed E-state index contributed by atoms with van der Waals surface area (Å²) in [4.78, 5) is 4.48. The van der Waals surface area contributed by atoms with Crippen molar-refractivity contribution < 1.29 is 0 Å². The van der Waals surface area contributed by atoms with Crippen LogP contribution in [0.15, 0.2) is 53.0 Å². The lowest BCUT2D eigenvalue weighted by Gasteiger charge is -1.97. The van der Waals surface area contributed by atoms with Crippen molar-refractivity contribution in [3.05, 3.63) is 53.0 Å². The van der Waals surface area contributed by atoms with E-state index < -0.39 is 0 Å². The summed E-state index contributed by atoms with van der Waals surface area (Å²) in [7, 11) is 0. The lowest BCUT2D eigenvalue weighted by molar-refractivity contribution is 1.10. The van der Waals surface area contributed by atoms with Gasteiger partial charge in [-0.3, -0.25) is 5.10 Å². The molecule has 0 unspecified atom stereocenters. The minimum atomic E-state index is 0.644. The number of aromatic amines is 1. The fourth-order valence-electron chi connectivity index (χ4n) is 1.81. The topological polar surface area (TPSA) is 67.6 Å². The second-order valence-electron chi connectivity index (χ2n) is 4.14. The van der Waals surface area contributed by atoms with Crippen LogP contribution in [0.25, 0.3) is 22.8 Å². The van der Waals surface area contributed by atoms with Gasteiger partial charge < -0.3 is 5.73 Å². The van der Waals surface area contributed by atoms with E-state index in [-0.39, 0.29) is 0 Å². The van der Waals surface area contributed by atoms with Gasteiger partial charge in [0.2, 0.25) is 0 Å². The third-order valence-electron chi connectivity index (χ3n) is 2.75. The van der Waals surface area contributed by atoms with E-state index in [4.69, 9.17) is 5.73 Å². The van der Waals surface area contributed by atoms with Gasteiger partial charge in [0.1, 0.15) is 0 Å². The Labute approximate surface area is 118 Å². The van der Waals surface area contributed by atoms with E-state index in [0.717, 1.165) is 21.4 Å². The number of nitrogens with one attached hydrogen (secondary N) is 1. The Kier molecular flexibility index (Phi) is 3.05. The molecule has 5 heteroatoms. The normalized spacial score (nSPS) is 10.6. The molecule has 1 aromatic heterocycles. The first-order valence-electron chi connectivity index (χ1n) is 5.76. The van der Waals surface area contributed by atoms with Crippen molar-refractivity contribution in [2.24, 2.45) is 0 Å². The molecule has 0 spiro atoms. The van der Waals surface area contributed by atoms with E-state index in [9.17, 15) is 0 Å². The molecule has 0 aliphatic rings. The lowest BCUT2D eigenvalue weighted by Crippen LogP contribution is -1.86. The largest absolute Gasteiger partial charge is 0.399 e. The monoisotopic (exact) mass is 314 g/mol. The summed E-state index contributed by atoms with van der Waals surface area (Å²) in [6.45, 7) is 0. The van der Waals surface area contributed by atoms with E-state index in [2.05, 4.69) is 31.1 Å². The number of rotatable bonds is 2. The van der Waals surface area contributed by atoms with Crippen molar-refractivity contribution in [2.75, 3.05) is 5.73 Å². The van der Waals surface area contributed by atoms with Gasteiger partial charge in [-0.25, -0.2) is 4.98 Å². The molecule has 4 nitrogen and oxygen atoms in total. The highest BCUT2D eigenvalue weighted by Gasteiger charge is 2.07. The number of aromatic nitrogens is 3. The number of nitrogens with two attached hydrogens (primary N) is 1. The first-order valence-corrected chi connectivity index (χ1v) is 6.56. The Morgan fingerprint density at radius 3 is 2.53 bits per heavy atom. The van der Waals surface area contributed by atoms with Crippen LogP contribution in [0.3, 0.4) is 0 Å². The van der Waals surface area contributed by atoms with Crippen molar-refractivity contribution >= 4 is 21.6 Å². The van der Waals surface area contributed by atoms with Crippen LogP contribution in [-0.2, 0) is 0 Å². The molecule has 0 atom stereocenters. The molecule has 0 aliphatic heterocycles.